The molecule has 0 spiro atoms. The lowest BCUT2D eigenvalue weighted by Crippen LogP contribution is -2.38. The summed E-state index contributed by atoms with van der Waals surface area (Å²) in [7, 11) is 0. The van der Waals surface area contributed by atoms with Gasteiger partial charge < -0.3 is 21.1 Å². The Balaban J connectivity index is 2.44. The molecule has 6 heteroatoms. The van der Waals surface area contributed by atoms with Gasteiger partial charge in [-0.2, -0.15) is 0 Å². The van der Waals surface area contributed by atoms with Crippen LogP contribution < -0.4 is 21.1 Å². The maximum Gasteiger partial charge on any atom is 0.255 e. The van der Waals surface area contributed by atoms with Gasteiger partial charge in [-0.25, -0.2) is 0 Å². The number of carbonyl (C=O) groups excluding carboxylic acids is 1. The third-order valence-electron chi connectivity index (χ3n) is 4.41. The molecule has 0 saturated heterocycles. The summed E-state index contributed by atoms with van der Waals surface area (Å²) in [4.78, 5) is 15.5. The Labute approximate surface area is 164 Å². The Morgan fingerprint density at radius 3 is 2.52 bits per heavy atom. The molecule has 0 aliphatic heterocycles. The van der Waals surface area contributed by atoms with Gasteiger partial charge in [-0.1, -0.05) is 45.2 Å². The summed E-state index contributed by atoms with van der Waals surface area (Å²) < 4.78 is 5.27. The molecule has 4 N–H and O–H groups in total. The van der Waals surface area contributed by atoms with Crippen molar-refractivity contribution in [1.29, 1.82) is 0 Å². The summed E-state index contributed by atoms with van der Waals surface area (Å²) >= 11 is 0. The van der Waals surface area contributed by atoms with E-state index in [-0.39, 0.29) is 6.61 Å². The van der Waals surface area contributed by atoms with E-state index in [1.54, 1.807) is 0 Å². The van der Waals surface area contributed by atoms with Crippen molar-refractivity contribution < 1.29 is 9.53 Å². The van der Waals surface area contributed by atoms with Gasteiger partial charge >= 0.3 is 0 Å². The molecule has 1 aromatic carbocycles. The number of hydrogen-bond acceptors (Lipinski definition) is 3. The predicted octanol–water partition coefficient (Wildman–Crippen LogP) is 2.86. The minimum absolute atomic E-state index is 0.0968. The van der Waals surface area contributed by atoms with Crippen molar-refractivity contribution >= 4 is 11.9 Å². The summed E-state index contributed by atoms with van der Waals surface area (Å²) in [6.45, 7) is 8.99. The first kappa shape index (κ1) is 22.8. The van der Waals surface area contributed by atoms with Gasteiger partial charge in [-0.15, -0.1) is 0 Å². The SMILES string of the molecule is CCCCC(CC)CN=C(NCC)NCCc1ccc(OCC(N)=O)cc1. The van der Waals surface area contributed by atoms with Gasteiger partial charge in [-0.05, 0) is 43.4 Å². The Bertz CT molecular complexity index is 558. The Kier molecular flexibility index (Phi) is 11.7. The molecular weight excluding hydrogens is 340 g/mol. The average molecular weight is 377 g/mol. The number of amides is 1. The smallest absolute Gasteiger partial charge is 0.255 e. The predicted molar refractivity (Wildman–Crippen MR) is 112 cm³/mol. The first-order valence-corrected chi connectivity index (χ1v) is 10.1. The number of hydrogen-bond donors (Lipinski definition) is 3. The first-order chi connectivity index (χ1) is 13.1. The van der Waals surface area contributed by atoms with Crippen LogP contribution in [-0.2, 0) is 11.2 Å². The molecular formula is C21H36N4O2. The molecule has 0 fully saturated rings. The highest BCUT2D eigenvalue weighted by molar-refractivity contribution is 5.79. The molecule has 152 valence electrons. The Hall–Kier alpha value is -2.24. The summed E-state index contributed by atoms with van der Waals surface area (Å²) in [5, 5.41) is 6.72. The third kappa shape index (κ3) is 10.5. The highest BCUT2D eigenvalue weighted by Gasteiger charge is 2.06. The number of guanidine groups is 1. The Morgan fingerprint density at radius 2 is 1.93 bits per heavy atom. The molecule has 1 aromatic rings. The van der Waals surface area contributed by atoms with Crippen LogP contribution in [0.15, 0.2) is 29.3 Å². The molecule has 1 unspecified atom stereocenters. The van der Waals surface area contributed by atoms with E-state index in [0.29, 0.717) is 11.7 Å². The zero-order valence-corrected chi connectivity index (χ0v) is 17.1. The number of unbranched alkanes of at least 4 members (excludes halogenated alkanes) is 1. The van der Waals surface area contributed by atoms with Crippen molar-refractivity contribution in [2.24, 2.45) is 16.6 Å². The second kappa shape index (κ2) is 13.9. The van der Waals surface area contributed by atoms with Crippen molar-refractivity contribution in [2.45, 2.75) is 52.9 Å². The van der Waals surface area contributed by atoms with Gasteiger partial charge in [0.25, 0.3) is 5.91 Å². The topological polar surface area (TPSA) is 88.7 Å². The van der Waals surface area contributed by atoms with Crippen LogP contribution in [0.4, 0.5) is 0 Å². The van der Waals surface area contributed by atoms with Crippen LogP contribution in [-0.4, -0.2) is 38.1 Å². The molecule has 0 aromatic heterocycles. The van der Waals surface area contributed by atoms with Crippen molar-refractivity contribution in [2.75, 3.05) is 26.2 Å². The van der Waals surface area contributed by atoms with E-state index in [2.05, 4.69) is 31.4 Å². The molecule has 0 saturated carbocycles. The fourth-order valence-corrected chi connectivity index (χ4v) is 2.71. The molecule has 6 nitrogen and oxygen atoms in total. The average Bonchev–Trinajstić information content (AvgIpc) is 2.67. The zero-order valence-electron chi connectivity index (χ0n) is 17.1. The summed E-state index contributed by atoms with van der Waals surface area (Å²) in [6, 6.07) is 7.72. The van der Waals surface area contributed by atoms with Gasteiger partial charge in [0, 0.05) is 19.6 Å². The fourth-order valence-electron chi connectivity index (χ4n) is 2.71. The highest BCUT2D eigenvalue weighted by atomic mass is 16.5. The van der Waals surface area contributed by atoms with Gasteiger partial charge in [0.2, 0.25) is 0 Å². The molecule has 27 heavy (non-hydrogen) atoms. The van der Waals surface area contributed by atoms with Crippen molar-refractivity contribution in [1.82, 2.24) is 10.6 Å². The molecule has 1 amide bonds. The van der Waals surface area contributed by atoms with E-state index in [9.17, 15) is 4.79 Å². The molecule has 0 radical (unpaired) electrons. The summed E-state index contributed by atoms with van der Waals surface area (Å²) in [5.74, 6) is 1.72. The van der Waals surface area contributed by atoms with E-state index >= 15 is 0 Å². The van der Waals surface area contributed by atoms with E-state index in [0.717, 1.165) is 32.0 Å². The highest BCUT2D eigenvalue weighted by Crippen LogP contribution is 2.13. The van der Waals surface area contributed by atoms with Crippen molar-refractivity contribution in [3.8, 4) is 5.75 Å². The number of benzene rings is 1. The number of rotatable bonds is 13. The maximum atomic E-state index is 10.7. The van der Waals surface area contributed by atoms with E-state index in [1.165, 1.54) is 31.2 Å². The van der Waals surface area contributed by atoms with Crippen LogP contribution in [0.2, 0.25) is 0 Å². The van der Waals surface area contributed by atoms with Crippen molar-refractivity contribution in [3.63, 3.8) is 0 Å². The van der Waals surface area contributed by atoms with Crippen LogP contribution in [0.1, 0.15) is 52.0 Å². The lowest BCUT2D eigenvalue weighted by molar-refractivity contribution is -0.119. The summed E-state index contributed by atoms with van der Waals surface area (Å²) in [5.41, 5.74) is 6.27. The lowest BCUT2D eigenvalue weighted by Gasteiger charge is -2.15. The quantitative estimate of drug-likeness (QED) is 0.365. The third-order valence-corrected chi connectivity index (χ3v) is 4.41. The van der Waals surface area contributed by atoms with Crippen LogP contribution in [0.5, 0.6) is 5.75 Å². The molecule has 1 atom stereocenters. The first-order valence-electron chi connectivity index (χ1n) is 10.1. The van der Waals surface area contributed by atoms with E-state index < -0.39 is 5.91 Å². The number of carbonyl (C=O) groups is 1. The normalized spacial score (nSPS) is 12.5. The second-order valence-corrected chi connectivity index (χ2v) is 6.71. The molecule has 0 aliphatic carbocycles. The second-order valence-electron chi connectivity index (χ2n) is 6.71. The summed E-state index contributed by atoms with van der Waals surface area (Å²) in [6.07, 6.45) is 5.82. The van der Waals surface area contributed by atoms with Crippen LogP contribution in [0.25, 0.3) is 0 Å². The van der Waals surface area contributed by atoms with Crippen molar-refractivity contribution in [3.05, 3.63) is 29.8 Å². The zero-order chi connectivity index (χ0) is 19.9. The number of ether oxygens (including phenoxy) is 1. The number of nitrogens with two attached hydrogens (primary N) is 1. The van der Waals surface area contributed by atoms with Crippen LogP contribution in [0.3, 0.4) is 0 Å². The van der Waals surface area contributed by atoms with E-state index in [4.69, 9.17) is 15.5 Å². The maximum absolute atomic E-state index is 10.7. The fraction of sp³-hybridized carbons (Fsp3) is 0.619. The minimum atomic E-state index is -0.474. The molecule has 0 bridgehead atoms. The Morgan fingerprint density at radius 1 is 1.19 bits per heavy atom. The standard InChI is InChI=1S/C21H36N4O2/c1-4-7-8-17(5-2)15-25-21(23-6-3)24-14-13-18-9-11-19(12-10-18)27-16-20(22)26/h9-12,17H,4-8,13-16H2,1-3H3,(H2,22,26)(H2,23,24,25). The van der Waals surface area contributed by atoms with E-state index in [1.807, 2.05) is 24.3 Å². The van der Waals surface area contributed by atoms with Gasteiger partial charge in [-0.3, -0.25) is 9.79 Å². The number of primary amides is 1. The number of aliphatic imine (C=N–C) groups is 1. The number of nitrogens with one attached hydrogen (secondary N) is 2. The van der Waals surface area contributed by atoms with Gasteiger partial charge in [0.05, 0.1) is 0 Å². The lowest BCUT2D eigenvalue weighted by atomic mass is 10.00. The monoisotopic (exact) mass is 376 g/mol. The molecule has 0 heterocycles. The minimum Gasteiger partial charge on any atom is -0.484 e. The molecule has 0 aliphatic rings. The largest absolute Gasteiger partial charge is 0.484 e. The van der Waals surface area contributed by atoms with Crippen LogP contribution >= 0.6 is 0 Å². The molecule has 1 rings (SSSR count). The number of nitrogens with zero attached hydrogens (tertiary/aromatic N) is 1. The van der Waals surface area contributed by atoms with Crippen LogP contribution in [0, 0.1) is 5.92 Å². The van der Waals surface area contributed by atoms with Gasteiger partial charge in [0.1, 0.15) is 5.75 Å². The van der Waals surface area contributed by atoms with Gasteiger partial charge in [0.15, 0.2) is 12.6 Å².